The molecule has 0 aliphatic rings. The summed E-state index contributed by atoms with van der Waals surface area (Å²) in [6.45, 7) is 10.4. The number of hydrogen-bond donors (Lipinski definition) is 0. The van der Waals surface area contributed by atoms with E-state index in [9.17, 15) is 0 Å². The summed E-state index contributed by atoms with van der Waals surface area (Å²) in [7, 11) is -3.71. The van der Waals surface area contributed by atoms with Crippen LogP contribution in [-0.2, 0) is 5.04 Å². The van der Waals surface area contributed by atoms with E-state index in [1.807, 2.05) is 0 Å². The minimum Gasteiger partial charge on any atom is -0.0680 e. The zero-order valence-corrected chi connectivity index (χ0v) is 25.9. The summed E-state index contributed by atoms with van der Waals surface area (Å²) < 4.78 is 0. The summed E-state index contributed by atoms with van der Waals surface area (Å²) in [5, 5.41) is 3.04. The van der Waals surface area contributed by atoms with Gasteiger partial charge in [-0.2, -0.15) is 0 Å². The normalized spacial score (nSPS) is 12.4. The molecule has 0 saturated carbocycles. The molecule has 0 atom stereocenters. The van der Waals surface area contributed by atoms with Gasteiger partial charge in [-0.05, 0) is 21.7 Å². The van der Waals surface area contributed by atoms with E-state index in [1.54, 1.807) is 0 Å². The Bertz CT molecular complexity index is 1310. The van der Waals surface area contributed by atoms with Crippen molar-refractivity contribution in [2.75, 3.05) is 0 Å². The van der Waals surface area contributed by atoms with Crippen molar-refractivity contribution in [3.8, 4) is 0 Å². The van der Waals surface area contributed by atoms with Crippen molar-refractivity contribution in [2.24, 2.45) is 0 Å². The quantitative estimate of drug-likeness (QED) is 0.131. The summed E-state index contributed by atoms with van der Waals surface area (Å²) in [6.07, 6.45) is 0. The third kappa shape index (κ3) is 5.24. The summed E-state index contributed by atoms with van der Waals surface area (Å²) in [5.41, 5.74) is 4.23. The van der Waals surface area contributed by atoms with E-state index in [4.69, 9.17) is 0 Å². The minimum absolute atomic E-state index is 0.155. The van der Waals surface area contributed by atoms with E-state index in [0.717, 1.165) is 0 Å². The molecule has 0 unspecified atom stereocenters. The van der Waals surface area contributed by atoms with Gasteiger partial charge >= 0.3 is 0 Å². The Hall–Kier alpha value is -3.47. The molecule has 0 fully saturated rings. The fraction of sp³-hybridized carbons (Fsp3) is 0.189. The Morgan fingerprint density at radius 1 is 0.462 bits per heavy atom. The summed E-state index contributed by atoms with van der Waals surface area (Å²) in [4.78, 5) is 0. The highest BCUT2D eigenvalue weighted by Gasteiger charge is 2.53. The Labute approximate surface area is 238 Å². The summed E-state index contributed by atoms with van der Waals surface area (Å²) >= 11 is 0. The van der Waals surface area contributed by atoms with Crippen LogP contribution in [0, 0.1) is 0 Å². The van der Waals surface area contributed by atoms with Gasteiger partial charge in [0.15, 0.2) is 0 Å². The maximum atomic E-state index is 2.64. The molecule has 0 bridgehead atoms. The van der Waals surface area contributed by atoms with Crippen LogP contribution in [0.15, 0.2) is 152 Å². The molecular formula is C37H40Si2. The molecule has 2 heteroatoms. The Kier molecular flexibility index (Phi) is 7.88. The fourth-order valence-corrected chi connectivity index (χ4v) is 18.6. The lowest BCUT2D eigenvalue weighted by Crippen LogP contribution is -2.58. The third-order valence-electron chi connectivity index (χ3n) is 8.58. The molecule has 0 radical (unpaired) electrons. The molecule has 0 nitrogen and oxygen atoms in total. The van der Waals surface area contributed by atoms with Gasteiger partial charge in [0.05, 0.1) is 8.07 Å². The Balaban J connectivity index is 1.73. The van der Waals surface area contributed by atoms with E-state index in [-0.39, 0.29) is 10.1 Å². The minimum atomic E-state index is -2.13. The topological polar surface area (TPSA) is 0 Å². The van der Waals surface area contributed by atoms with Crippen molar-refractivity contribution in [1.82, 2.24) is 0 Å². The van der Waals surface area contributed by atoms with Crippen LogP contribution < -0.4 is 10.4 Å². The second kappa shape index (κ2) is 11.3. The van der Waals surface area contributed by atoms with Crippen LogP contribution in [0.3, 0.4) is 0 Å². The largest absolute Gasteiger partial charge is 0.108 e. The molecule has 0 heterocycles. The lowest BCUT2D eigenvalue weighted by Gasteiger charge is -2.51. The fourth-order valence-electron chi connectivity index (χ4n) is 7.50. The average molecular weight is 541 g/mol. The van der Waals surface area contributed by atoms with E-state index < -0.39 is 16.9 Å². The molecule has 0 amide bonds. The second-order valence-corrected chi connectivity index (χ2v) is 20.8. The van der Waals surface area contributed by atoms with E-state index >= 15 is 0 Å². The number of benzene rings is 5. The molecule has 5 aromatic rings. The molecule has 0 aliphatic heterocycles. The van der Waals surface area contributed by atoms with Gasteiger partial charge in [-0.3, -0.25) is 0 Å². The van der Waals surface area contributed by atoms with E-state index in [0.29, 0.717) is 0 Å². The second-order valence-electron chi connectivity index (χ2n) is 12.2. The first kappa shape index (κ1) is 27.1. The molecule has 5 aromatic carbocycles. The van der Waals surface area contributed by atoms with Crippen LogP contribution in [0.5, 0.6) is 0 Å². The SMILES string of the molecule is CC(C)(C[Si](C)(C)C(c1ccccc1)(c1ccccc1)c1ccccc1)[SiH](c1ccccc1)c1ccccc1. The van der Waals surface area contributed by atoms with Crippen LogP contribution >= 0.6 is 0 Å². The number of hydrogen-bond acceptors (Lipinski definition) is 0. The van der Waals surface area contributed by atoms with Gasteiger partial charge in [-0.15, -0.1) is 0 Å². The van der Waals surface area contributed by atoms with Gasteiger partial charge in [0, 0.05) is 5.04 Å². The third-order valence-corrected chi connectivity index (χ3v) is 17.6. The van der Waals surface area contributed by atoms with Crippen molar-refractivity contribution in [3.63, 3.8) is 0 Å². The molecule has 0 aromatic heterocycles. The zero-order chi connectivity index (χ0) is 27.3. The van der Waals surface area contributed by atoms with Gasteiger partial charge in [0.25, 0.3) is 0 Å². The van der Waals surface area contributed by atoms with E-state index in [1.165, 1.54) is 33.1 Å². The van der Waals surface area contributed by atoms with Crippen LogP contribution in [0.1, 0.15) is 30.5 Å². The number of rotatable bonds is 9. The first-order valence-corrected chi connectivity index (χ1v) is 19.1. The monoisotopic (exact) mass is 540 g/mol. The van der Waals surface area contributed by atoms with E-state index in [2.05, 4.69) is 179 Å². The Morgan fingerprint density at radius 2 is 0.744 bits per heavy atom. The van der Waals surface area contributed by atoms with Crippen LogP contribution in [0.4, 0.5) is 0 Å². The maximum absolute atomic E-state index is 2.64. The van der Waals surface area contributed by atoms with Crippen LogP contribution in [0.25, 0.3) is 0 Å². The van der Waals surface area contributed by atoms with Crippen LogP contribution in [-0.4, -0.2) is 16.9 Å². The van der Waals surface area contributed by atoms with Crippen molar-refractivity contribution < 1.29 is 0 Å². The standard InChI is InChI=1S/C37H40Si2/c1-36(2,38(34-26-16-8-17-27-34)35-28-18-9-19-29-35)30-39(3,4)37(31-20-10-5-11-21-31,32-22-12-6-13-23-32)33-24-14-7-15-25-33/h5-29,38H,30H2,1-4H3. The summed E-state index contributed by atoms with van der Waals surface area (Å²) in [5.74, 6) is 0. The van der Waals surface area contributed by atoms with Gasteiger partial charge in [-0.1, -0.05) is 195 Å². The highest BCUT2D eigenvalue weighted by atomic mass is 28.3. The molecular weight excluding hydrogens is 501 g/mol. The smallest absolute Gasteiger partial charge is 0.0680 e. The van der Waals surface area contributed by atoms with Gasteiger partial charge in [0.2, 0.25) is 0 Å². The van der Waals surface area contributed by atoms with Crippen LogP contribution in [0.2, 0.25) is 24.2 Å². The highest BCUT2D eigenvalue weighted by molar-refractivity contribution is 6.90. The lowest BCUT2D eigenvalue weighted by atomic mass is 9.83. The van der Waals surface area contributed by atoms with Crippen molar-refractivity contribution in [2.45, 2.75) is 43.1 Å². The van der Waals surface area contributed by atoms with Crippen molar-refractivity contribution >= 4 is 27.2 Å². The first-order chi connectivity index (χ1) is 18.9. The molecule has 0 spiro atoms. The Morgan fingerprint density at radius 3 is 1.05 bits per heavy atom. The predicted molar refractivity (Wildman–Crippen MR) is 175 cm³/mol. The molecule has 0 aliphatic carbocycles. The van der Waals surface area contributed by atoms with Crippen molar-refractivity contribution in [1.29, 1.82) is 0 Å². The molecule has 0 N–H and O–H groups in total. The summed E-state index contributed by atoms with van der Waals surface area (Å²) in [6, 6.07) is 57.8. The highest BCUT2D eigenvalue weighted by Crippen LogP contribution is 2.52. The van der Waals surface area contributed by atoms with Crippen molar-refractivity contribution in [3.05, 3.63) is 168 Å². The average Bonchev–Trinajstić information content (AvgIpc) is 2.95. The van der Waals surface area contributed by atoms with Gasteiger partial charge in [-0.25, -0.2) is 0 Å². The lowest BCUT2D eigenvalue weighted by molar-refractivity contribution is 0.702. The maximum Gasteiger partial charge on any atom is 0.108 e. The predicted octanol–water partition coefficient (Wildman–Crippen LogP) is 8.09. The van der Waals surface area contributed by atoms with Gasteiger partial charge < -0.3 is 0 Å². The first-order valence-electron chi connectivity index (χ1n) is 14.1. The van der Waals surface area contributed by atoms with Gasteiger partial charge in [0.1, 0.15) is 8.80 Å². The molecule has 5 rings (SSSR count). The molecule has 39 heavy (non-hydrogen) atoms. The molecule has 196 valence electrons. The molecule has 0 saturated heterocycles. The zero-order valence-electron chi connectivity index (χ0n) is 23.7.